The number of benzene rings is 1. The highest BCUT2D eigenvalue weighted by molar-refractivity contribution is 8.02. The second-order valence-electron chi connectivity index (χ2n) is 11.2. The highest BCUT2D eigenvalue weighted by atomic mass is 32.2. The van der Waals surface area contributed by atoms with Crippen LogP contribution in [0.25, 0.3) is 0 Å². The summed E-state index contributed by atoms with van der Waals surface area (Å²) in [6.07, 6.45) is 9.69. The molecule has 1 aromatic rings. The van der Waals surface area contributed by atoms with Gasteiger partial charge in [-0.3, -0.25) is 24.5 Å². The lowest BCUT2D eigenvalue weighted by Gasteiger charge is -2.34. The number of halogens is 1. The highest BCUT2D eigenvalue weighted by Gasteiger charge is 2.43. The van der Waals surface area contributed by atoms with Crippen LogP contribution in [-0.2, 0) is 4.79 Å². The van der Waals surface area contributed by atoms with E-state index in [0.29, 0.717) is 19.6 Å². The van der Waals surface area contributed by atoms with Crippen molar-refractivity contribution in [2.75, 3.05) is 69.0 Å². The summed E-state index contributed by atoms with van der Waals surface area (Å²) in [5, 5.41) is 9.94. The predicted octanol–water partition coefficient (Wildman–Crippen LogP) is 5.08. The van der Waals surface area contributed by atoms with Gasteiger partial charge in [0.15, 0.2) is 0 Å². The van der Waals surface area contributed by atoms with Gasteiger partial charge in [-0.15, -0.1) is 11.8 Å². The SMILES string of the molecule is CC=N/C=C\C/C(C)=N/Nc1ccc(NC(C)C2(CF)CCN(CC(=O)N3CCCN(C4=NC=CSC4)CC3)C2)cc1. The molecular weight excluding hydrogens is 551 g/mol. The molecule has 3 aliphatic rings. The van der Waals surface area contributed by atoms with E-state index in [4.69, 9.17) is 0 Å². The minimum absolute atomic E-state index is 0.0887. The first-order chi connectivity index (χ1) is 20.4. The Labute approximate surface area is 254 Å². The molecule has 1 aromatic carbocycles. The molecule has 0 bridgehead atoms. The Hall–Kier alpha value is -3.18. The molecule has 42 heavy (non-hydrogen) atoms. The maximum absolute atomic E-state index is 14.6. The molecule has 3 heterocycles. The number of allylic oxidation sites excluding steroid dienone is 1. The van der Waals surface area contributed by atoms with Crippen LogP contribution in [-0.4, -0.2) is 103 Å². The largest absolute Gasteiger partial charge is 0.382 e. The van der Waals surface area contributed by atoms with Gasteiger partial charge in [0, 0.05) is 80.6 Å². The van der Waals surface area contributed by atoms with E-state index in [9.17, 15) is 9.18 Å². The van der Waals surface area contributed by atoms with Crippen molar-refractivity contribution in [2.45, 2.75) is 46.1 Å². The number of nitrogens with one attached hydrogen (secondary N) is 2. The second kappa shape index (κ2) is 15.9. The number of hydrogen-bond acceptors (Lipinski definition) is 9. The third-order valence-corrected chi connectivity index (χ3v) is 8.95. The summed E-state index contributed by atoms with van der Waals surface area (Å²) in [5.74, 6) is 2.12. The Morgan fingerprint density at radius 2 is 2.00 bits per heavy atom. The summed E-state index contributed by atoms with van der Waals surface area (Å²) in [6.45, 7) is 10.3. The number of amides is 1. The Morgan fingerprint density at radius 3 is 2.74 bits per heavy atom. The van der Waals surface area contributed by atoms with Crippen molar-refractivity contribution in [1.29, 1.82) is 0 Å². The van der Waals surface area contributed by atoms with Gasteiger partial charge >= 0.3 is 0 Å². The third-order valence-electron chi connectivity index (χ3n) is 8.21. The van der Waals surface area contributed by atoms with Crippen molar-refractivity contribution < 1.29 is 9.18 Å². The topological polar surface area (TPSA) is 87.9 Å². The molecule has 11 heteroatoms. The first-order valence-electron chi connectivity index (χ1n) is 14.9. The molecule has 2 fully saturated rings. The smallest absolute Gasteiger partial charge is 0.236 e. The minimum Gasteiger partial charge on any atom is -0.382 e. The zero-order valence-electron chi connectivity index (χ0n) is 25.1. The van der Waals surface area contributed by atoms with E-state index in [2.05, 4.69) is 35.6 Å². The Kier molecular flexibility index (Phi) is 12.0. The molecule has 0 aliphatic carbocycles. The molecule has 2 saturated heterocycles. The number of anilines is 2. The van der Waals surface area contributed by atoms with Crippen molar-refractivity contribution in [2.24, 2.45) is 20.5 Å². The highest BCUT2D eigenvalue weighted by Crippen LogP contribution is 2.36. The molecule has 3 aliphatic heterocycles. The number of hydrazone groups is 1. The van der Waals surface area contributed by atoms with E-state index in [0.717, 1.165) is 74.1 Å². The predicted molar refractivity (Wildman–Crippen MR) is 175 cm³/mol. The third kappa shape index (κ3) is 8.91. The van der Waals surface area contributed by atoms with Crippen LogP contribution in [0.4, 0.5) is 15.8 Å². The molecule has 0 saturated carbocycles. The minimum atomic E-state index is -0.534. The molecule has 9 nitrogen and oxygen atoms in total. The van der Waals surface area contributed by atoms with Crippen molar-refractivity contribution in [3.63, 3.8) is 0 Å². The van der Waals surface area contributed by atoms with Crippen LogP contribution in [0, 0.1) is 5.41 Å². The van der Waals surface area contributed by atoms with E-state index in [-0.39, 0.29) is 11.9 Å². The van der Waals surface area contributed by atoms with Gasteiger partial charge in [-0.05, 0) is 69.8 Å². The number of thioether (sulfide) groups is 1. The van der Waals surface area contributed by atoms with Crippen LogP contribution in [0.2, 0.25) is 0 Å². The maximum atomic E-state index is 14.6. The van der Waals surface area contributed by atoms with Gasteiger partial charge < -0.3 is 15.1 Å². The van der Waals surface area contributed by atoms with Gasteiger partial charge in [-0.1, -0.05) is 6.08 Å². The molecule has 0 aromatic heterocycles. The van der Waals surface area contributed by atoms with Crippen LogP contribution < -0.4 is 10.7 Å². The molecule has 0 spiro atoms. The first-order valence-corrected chi connectivity index (χ1v) is 15.9. The standard InChI is InChI=1S/C31H45FN8OS/c1-4-33-13-5-7-25(2)36-37-28-10-8-27(9-11-28)35-26(3)31(23-32)12-17-38(24-31)21-30(41)40-16-6-15-39(18-19-40)29-22-42-20-14-34-29/h4-5,8-11,13-14,20,26,35,37H,6-7,12,15-19,21-24H2,1-3H3/b13-5-,33-4?,36-25+. The lowest BCUT2D eigenvalue weighted by atomic mass is 9.81. The van der Waals surface area contributed by atoms with Crippen LogP contribution in [0.1, 0.15) is 40.0 Å². The molecule has 2 N–H and O–H groups in total. The summed E-state index contributed by atoms with van der Waals surface area (Å²) in [4.78, 5) is 28.2. The average Bonchev–Trinajstić information content (AvgIpc) is 3.27. The van der Waals surface area contributed by atoms with Crippen LogP contribution >= 0.6 is 11.8 Å². The molecular formula is C31H45FN8OS. The molecule has 228 valence electrons. The number of nitrogens with zero attached hydrogens (tertiary/aromatic N) is 6. The fourth-order valence-corrected chi connectivity index (χ4v) is 6.18. The summed E-state index contributed by atoms with van der Waals surface area (Å²) in [7, 11) is 0. The molecule has 1 amide bonds. The van der Waals surface area contributed by atoms with Gasteiger partial charge in [-0.25, -0.2) is 4.99 Å². The lowest BCUT2D eigenvalue weighted by Crippen LogP contribution is -2.45. The molecule has 4 rings (SSSR count). The number of likely N-dealkylation sites (tertiary alicyclic amines) is 1. The van der Waals surface area contributed by atoms with E-state index >= 15 is 0 Å². The quantitative estimate of drug-likeness (QED) is 0.274. The van der Waals surface area contributed by atoms with Gasteiger partial charge in [0.2, 0.25) is 5.91 Å². The van der Waals surface area contributed by atoms with Crippen LogP contribution in [0.5, 0.6) is 0 Å². The summed E-state index contributed by atoms with van der Waals surface area (Å²) in [5.41, 5.74) is 5.32. The number of amidine groups is 1. The number of carbonyl (C=O) groups excluding carboxylic acids is 1. The lowest BCUT2D eigenvalue weighted by molar-refractivity contribution is -0.132. The van der Waals surface area contributed by atoms with E-state index in [1.165, 1.54) is 0 Å². The van der Waals surface area contributed by atoms with Crippen molar-refractivity contribution >= 4 is 46.8 Å². The fourth-order valence-electron chi connectivity index (χ4n) is 5.53. The van der Waals surface area contributed by atoms with Gasteiger partial charge in [0.1, 0.15) is 5.84 Å². The number of aliphatic imine (C=N–C) groups is 2. The normalized spacial score (nSPS) is 23.0. The van der Waals surface area contributed by atoms with Crippen molar-refractivity contribution in [3.05, 3.63) is 48.1 Å². The summed E-state index contributed by atoms with van der Waals surface area (Å²) >= 11 is 1.75. The molecule has 2 unspecified atom stereocenters. The Bertz CT molecular complexity index is 1180. The Balaban J connectivity index is 1.25. The van der Waals surface area contributed by atoms with Gasteiger partial charge in [-0.2, -0.15) is 5.10 Å². The Morgan fingerprint density at radius 1 is 1.19 bits per heavy atom. The summed E-state index contributed by atoms with van der Waals surface area (Å²) in [6, 6.07) is 7.80. The summed E-state index contributed by atoms with van der Waals surface area (Å²) < 4.78 is 14.6. The number of rotatable bonds is 11. The maximum Gasteiger partial charge on any atom is 0.236 e. The number of carbonyl (C=O) groups is 1. The second-order valence-corrected chi connectivity index (χ2v) is 12.1. The van der Waals surface area contributed by atoms with Crippen molar-refractivity contribution in [3.8, 4) is 0 Å². The fraction of sp³-hybridized carbons (Fsp3) is 0.548. The van der Waals surface area contributed by atoms with Gasteiger partial charge in [0.25, 0.3) is 0 Å². The molecule has 0 radical (unpaired) electrons. The zero-order valence-corrected chi connectivity index (χ0v) is 26.0. The average molecular weight is 597 g/mol. The number of alkyl halides is 1. The van der Waals surface area contributed by atoms with E-state index in [1.807, 2.05) is 67.6 Å². The van der Waals surface area contributed by atoms with Crippen LogP contribution in [0.15, 0.2) is 63.2 Å². The number of hydrogen-bond donors (Lipinski definition) is 2. The van der Waals surface area contributed by atoms with E-state index < -0.39 is 12.1 Å². The van der Waals surface area contributed by atoms with Crippen molar-refractivity contribution in [1.82, 2.24) is 14.7 Å². The van der Waals surface area contributed by atoms with Crippen LogP contribution in [0.3, 0.4) is 0 Å². The monoisotopic (exact) mass is 596 g/mol. The first kappa shape index (κ1) is 31.7. The molecule has 2 atom stereocenters. The zero-order chi connectivity index (χ0) is 29.8. The van der Waals surface area contributed by atoms with Gasteiger partial charge in [0.05, 0.1) is 24.7 Å². The van der Waals surface area contributed by atoms with E-state index in [1.54, 1.807) is 24.2 Å².